The van der Waals surface area contributed by atoms with E-state index in [1.54, 1.807) is 7.11 Å². The van der Waals surface area contributed by atoms with Gasteiger partial charge in [0.05, 0.1) is 13.0 Å². The van der Waals surface area contributed by atoms with Crippen LogP contribution >= 0.6 is 0 Å². The number of rotatable bonds is 2. The molecule has 1 saturated heterocycles. The van der Waals surface area contributed by atoms with Gasteiger partial charge in [0.1, 0.15) is 5.75 Å². The molecule has 1 N–H and O–H groups in total. The van der Waals surface area contributed by atoms with Gasteiger partial charge >= 0.3 is 0 Å². The quantitative estimate of drug-likeness (QED) is 0.765. The second-order valence-corrected chi connectivity index (χ2v) is 3.41. The fourth-order valence-corrected chi connectivity index (χ4v) is 1.77. The van der Waals surface area contributed by atoms with Crippen LogP contribution in [-0.2, 0) is 4.79 Å². The molecule has 1 aliphatic rings. The molecular weight excluding hydrogens is 178 g/mol. The van der Waals surface area contributed by atoms with E-state index in [0.29, 0.717) is 0 Å². The Kier molecular flexibility index (Phi) is 2.39. The topological polar surface area (TPSA) is 38.3 Å². The molecule has 1 aromatic carbocycles. The van der Waals surface area contributed by atoms with Crippen molar-refractivity contribution in [2.24, 2.45) is 0 Å². The second-order valence-electron chi connectivity index (χ2n) is 3.41. The molecule has 0 spiro atoms. The summed E-state index contributed by atoms with van der Waals surface area (Å²) in [4.78, 5) is 11.4. The molecule has 0 aromatic heterocycles. The number of carbonyl (C=O) groups is 1. The molecule has 0 aliphatic carbocycles. The Labute approximate surface area is 83.1 Å². The van der Waals surface area contributed by atoms with Crippen LogP contribution in [0, 0.1) is 0 Å². The van der Waals surface area contributed by atoms with Crippen molar-refractivity contribution in [3.63, 3.8) is 0 Å². The van der Waals surface area contributed by atoms with Gasteiger partial charge in [0.2, 0.25) is 5.91 Å². The first-order valence-corrected chi connectivity index (χ1v) is 4.73. The highest BCUT2D eigenvalue weighted by atomic mass is 16.5. The average molecular weight is 191 g/mol. The predicted molar refractivity (Wildman–Crippen MR) is 53.4 cm³/mol. The first kappa shape index (κ1) is 9.06. The highest BCUT2D eigenvalue weighted by molar-refractivity contribution is 5.85. The zero-order valence-electron chi connectivity index (χ0n) is 8.12. The number of hydrogen-bond acceptors (Lipinski definition) is 2. The van der Waals surface area contributed by atoms with Crippen molar-refractivity contribution < 1.29 is 9.53 Å². The van der Waals surface area contributed by atoms with Crippen LogP contribution in [0.1, 0.15) is 17.9 Å². The maximum Gasteiger partial charge on any atom is 0.227 e. The summed E-state index contributed by atoms with van der Waals surface area (Å²) in [7, 11) is 1.63. The van der Waals surface area contributed by atoms with Gasteiger partial charge in [-0.1, -0.05) is 12.1 Å². The van der Waals surface area contributed by atoms with Crippen LogP contribution < -0.4 is 10.1 Å². The van der Waals surface area contributed by atoms with Gasteiger partial charge in [-0.25, -0.2) is 0 Å². The predicted octanol–water partition coefficient (Wildman–Crippen LogP) is 1.30. The molecular formula is C11H13NO2. The normalized spacial score (nSPS) is 20.6. The number of nitrogens with one attached hydrogen (secondary N) is 1. The number of amides is 1. The summed E-state index contributed by atoms with van der Waals surface area (Å²) in [6.07, 6.45) is 0.881. The highest BCUT2D eigenvalue weighted by Gasteiger charge is 2.25. The Balaban J connectivity index is 2.26. The van der Waals surface area contributed by atoms with Gasteiger partial charge in [0, 0.05) is 6.54 Å². The summed E-state index contributed by atoms with van der Waals surface area (Å²) in [6.45, 7) is 0.778. The maximum absolute atomic E-state index is 11.4. The molecule has 74 valence electrons. The van der Waals surface area contributed by atoms with Gasteiger partial charge in [0.15, 0.2) is 0 Å². The molecule has 0 radical (unpaired) electrons. The van der Waals surface area contributed by atoms with Gasteiger partial charge in [-0.05, 0) is 24.1 Å². The SMILES string of the molecule is COc1cccc(C2CCNC2=O)c1. The second kappa shape index (κ2) is 3.70. The third-order valence-electron chi connectivity index (χ3n) is 2.54. The molecule has 0 bridgehead atoms. The summed E-state index contributed by atoms with van der Waals surface area (Å²) in [5, 5.41) is 2.83. The number of ether oxygens (including phenoxy) is 1. The molecule has 1 aromatic rings. The van der Waals surface area contributed by atoms with Crippen molar-refractivity contribution in [1.29, 1.82) is 0 Å². The van der Waals surface area contributed by atoms with Gasteiger partial charge < -0.3 is 10.1 Å². The van der Waals surface area contributed by atoms with Crippen molar-refractivity contribution in [1.82, 2.24) is 5.32 Å². The Hall–Kier alpha value is -1.51. The summed E-state index contributed by atoms with van der Waals surface area (Å²) < 4.78 is 5.12. The molecule has 2 rings (SSSR count). The summed E-state index contributed by atoms with van der Waals surface area (Å²) >= 11 is 0. The van der Waals surface area contributed by atoms with Crippen LogP contribution in [0.5, 0.6) is 5.75 Å². The zero-order valence-corrected chi connectivity index (χ0v) is 8.12. The summed E-state index contributed by atoms with van der Waals surface area (Å²) in [6, 6.07) is 7.70. The van der Waals surface area contributed by atoms with Crippen molar-refractivity contribution >= 4 is 5.91 Å². The Bertz CT molecular complexity index is 349. The van der Waals surface area contributed by atoms with Gasteiger partial charge in [-0.15, -0.1) is 0 Å². The maximum atomic E-state index is 11.4. The minimum Gasteiger partial charge on any atom is -0.497 e. The summed E-state index contributed by atoms with van der Waals surface area (Å²) in [5.74, 6) is 0.936. The first-order chi connectivity index (χ1) is 6.81. The zero-order chi connectivity index (χ0) is 9.97. The van der Waals surface area contributed by atoms with Crippen LogP contribution in [0.2, 0.25) is 0 Å². The van der Waals surface area contributed by atoms with E-state index in [1.165, 1.54) is 0 Å². The van der Waals surface area contributed by atoms with E-state index in [1.807, 2.05) is 24.3 Å². The number of methoxy groups -OCH3 is 1. The Morgan fingerprint density at radius 3 is 3.00 bits per heavy atom. The van der Waals surface area contributed by atoms with Crippen molar-refractivity contribution in [3.8, 4) is 5.75 Å². The van der Waals surface area contributed by atoms with Gasteiger partial charge in [-0.3, -0.25) is 4.79 Å². The smallest absolute Gasteiger partial charge is 0.227 e. The molecule has 1 aliphatic heterocycles. The molecule has 3 heteroatoms. The van der Waals surface area contributed by atoms with E-state index in [2.05, 4.69) is 5.32 Å². The first-order valence-electron chi connectivity index (χ1n) is 4.73. The number of benzene rings is 1. The fraction of sp³-hybridized carbons (Fsp3) is 0.364. The molecule has 1 unspecified atom stereocenters. The fourth-order valence-electron chi connectivity index (χ4n) is 1.77. The molecule has 0 saturated carbocycles. The lowest BCUT2D eigenvalue weighted by atomic mass is 9.98. The van der Waals surface area contributed by atoms with Crippen LogP contribution in [0.4, 0.5) is 0 Å². The minimum absolute atomic E-state index is 0.00472. The van der Waals surface area contributed by atoms with Crippen molar-refractivity contribution in [2.75, 3.05) is 13.7 Å². The highest BCUT2D eigenvalue weighted by Crippen LogP contribution is 2.26. The van der Waals surface area contributed by atoms with Crippen molar-refractivity contribution in [3.05, 3.63) is 29.8 Å². The van der Waals surface area contributed by atoms with Gasteiger partial charge in [-0.2, -0.15) is 0 Å². The largest absolute Gasteiger partial charge is 0.497 e. The standard InChI is InChI=1S/C11H13NO2/c1-14-9-4-2-3-8(7-9)10-5-6-12-11(10)13/h2-4,7,10H,5-6H2,1H3,(H,12,13). The lowest BCUT2D eigenvalue weighted by molar-refractivity contribution is -0.120. The van der Waals surface area contributed by atoms with E-state index in [0.717, 1.165) is 24.3 Å². The van der Waals surface area contributed by atoms with E-state index in [-0.39, 0.29) is 11.8 Å². The average Bonchev–Trinajstić information content (AvgIpc) is 2.65. The molecule has 14 heavy (non-hydrogen) atoms. The van der Waals surface area contributed by atoms with Crippen LogP contribution in [0.25, 0.3) is 0 Å². The van der Waals surface area contributed by atoms with Crippen LogP contribution in [0.15, 0.2) is 24.3 Å². The van der Waals surface area contributed by atoms with E-state index in [9.17, 15) is 4.79 Å². The number of hydrogen-bond donors (Lipinski definition) is 1. The molecule has 1 fully saturated rings. The third-order valence-corrected chi connectivity index (χ3v) is 2.54. The Morgan fingerprint density at radius 2 is 2.36 bits per heavy atom. The molecule has 1 amide bonds. The van der Waals surface area contributed by atoms with Crippen LogP contribution in [0.3, 0.4) is 0 Å². The van der Waals surface area contributed by atoms with Crippen molar-refractivity contribution in [2.45, 2.75) is 12.3 Å². The Morgan fingerprint density at radius 1 is 1.50 bits per heavy atom. The summed E-state index contributed by atoms with van der Waals surface area (Å²) in [5.41, 5.74) is 1.04. The van der Waals surface area contributed by atoms with E-state index < -0.39 is 0 Å². The lowest BCUT2D eigenvalue weighted by Crippen LogP contribution is -2.17. The van der Waals surface area contributed by atoms with Gasteiger partial charge in [0.25, 0.3) is 0 Å². The minimum atomic E-state index is 0.00472. The monoisotopic (exact) mass is 191 g/mol. The molecule has 1 atom stereocenters. The lowest BCUT2D eigenvalue weighted by Gasteiger charge is -2.08. The van der Waals surface area contributed by atoms with Crippen LogP contribution in [-0.4, -0.2) is 19.6 Å². The molecule has 1 heterocycles. The third kappa shape index (κ3) is 1.58. The number of carbonyl (C=O) groups excluding carboxylic acids is 1. The van der Waals surface area contributed by atoms with E-state index >= 15 is 0 Å². The van der Waals surface area contributed by atoms with E-state index in [4.69, 9.17) is 4.74 Å². The molecule has 3 nitrogen and oxygen atoms in total.